The largest absolute Gasteiger partial charge is 0.340 e. The molecule has 0 N–H and O–H groups in total. The lowest BCUT2D eigenvalue weighted by molar-refractivity contribution is -0.385. The summed E-state index contributed by atoms with van der Waals surface area (Å²) >= 11 is 0. The summed E-state index contributed by atoms with van der Waals surface area (Å²) in [6.07, 6.45) is 4.88. The quantitative estimate of drug-likeness (QED) is 0.550. The van der Waals surface area contributed by atoms with Crippen LogP contribution >= 0.6 is 0 Å². The molecule has 0 radical (unpaired) electrons. The first-order valence-electron chi connectivity index (χ1n) is 8.58. The van der Waals surface area contributed by atoms with Crippen LogP contribution in [-0.4, -0.2) is 66.4 Å². The first kappa shape index (κ1) is 18.1. The Hall–Kier alpha value is -2.75. The first-order chi connectivity index (χ1) is 12.4. The second-order valence-electron chi connectivity index (χ2n) is 6.54. The van der Waals surface area contributed by atoms with E-state index in [2.05, 4.69) is 15.1 Å². The van der Waals surface area contributed by atoms with Crippen LogP contribution in [0.2, 0.25) is 0 Å². The third kappa shape index (κ3) is 4.26. The number of aromatic nitrogens is 4. The molecule has 0 atom stereocenters. The van der Waals surface area contributed by atoms with Gasteiger partial charge in [0.05, 0.1) is 10.6 Å². The number of hydrogen-bond acceptors (Lipinski definition) is 6. The molecule has 10 heteroatoms. The van der Waals surface area contributed by atoms with Gasteiger partial charge in [0.15, 0.2) is 0 Å². The lowest BCUT2D eigenvalue weighted by Crippen LogP contribution is -2.48. The van der Waals surface area contributed by atoms with Crippen molar-refractivity contribution in [2.45, 2.75) is 26.4 Å². The van der Waals surface area contributed by atoms with Crippen LogP contribution in [0.5, 0.6) is 0 Å². The van der Waals surface area contributed by atoms with E-state index >= 15 is 0 Å². The van der Waals surface area contributed by atoms with Crippen LogP contribution in [0.1, 0.15) is 17.7 Å². The van der Waals surface area contributed by atoms with Gasteiger partial charge in [-0.25, -0.2) is 0 Å². The highest BCUT2D eigenvalue weighted by Gasteiger charge is 2.22. The molecule has 1 amide bonds. The molecular weight excluding hydrogens is 338 g/mol. The summed E-state index contributed by atoms with van der Waals surface area (Å²) in [4.78, 5) is 26.7. The van der Waals surface area contributed by atoms with Crippen LogP contribution in [0.4, 0.5) is 5.69 Å². The molecule has 0 saturated carbocycles. The Labute approximate surface area is 151 Å². The van der Waals surface area contributed by atoms with Crippen molar-refractivity contribution in [1.29, 1.82) is 0 Å². The fraction of sp³-hybridized carbons (Fsp3) is 0.562. The standard InChI is InChI=1S/C16H23N7O3/c1-13-14(10-19(2)18-13)11-20-5-7-21(8-6-20)16(24)3-4-22-12-15(9-17-22)23(25)26/h9-10,12H,3-8,11H2,1-2H3. The van der Waals surface area contributed by atoms with Crippen molar-refractivity contribution in [2.75, 3.05) is 26.2 Å². The molecule has 0 aromatic carbocycles. The van der Waals surface area contributed by atoms with E-state index in [-0.39, 0.29) is 11.6 Å². The van der Waals surface area contributed by atoms with Gasteiger partial charge in [-0.2, -0.15) is 10.2 Å². The van der Waals surface area contributed by atoms with Gasteiger partial charge < -0.3 is 4.90 Å². The number of rotatable bonds is 6. The van der Waals surface area contributed by atoms with Crippen molar-refractivity contribution in [1.82, 2.24) is 29.4 Å². The van der Waals surface area contributed by atoms with Crippen molar-refractivity contribution < 1.29 is 9.72 Å². The Morgan fingerprint density at radius 3 is 2.58 bits per heavy atom. The molecule has 3 rings (SSSR count). The van der Waals surface area contributed by atoms with E-state index in [0.717, 1.165) is 25.3 Å². The SMILES string of the molecule is Cc1nn(C)cc1CN1CCN(C(=O)CCn2cc([N+](=O)[O-])cn2)CC1. The maximum Gasteiger partial charge on any atom is 0.306 e. The van der Waals surface area contributed by atoms with E-state index in [1.165, 1.54) is 22.6 Å². The molecule has 2 aromatic heterocycles. The Bertz CT molecular complexity index is 790. The van der Waals surface area contributed by atoms with Crippen molar-refractivity contribution in [3.8, 4) is 0 Å². The van der Waals surface area contributed by atoms with Crippen LogP contribution in [0.15, 0.2) is 18.6 Å². The van der Waals surface area contributed by atoms with Crippen molar-refractivity contribution in [3.63, 3.8) is 0 Å². The second-order valence-corrected chi connectivity index (χ2v) is 6.54. The normalized spacial score (nSPS) is 15.4. The van der Waals surface area contributed by atoms with Gasteiger partial charge in [-0.15, -0.1) is 0 Å². The van der Waals surface area contributed by atoms with Crippen molar-refractivity contribution in [2.24, 2.45) is 7.05 Å². The molecule has 140 valence electrons. The lowest BCUT2D eigenvalue weighted by atomic mass is 10.2. The van der Waals surface area contributed by atoms with E-state index in [0.29, 0.717) is 26.1 Å². The number of piperazine rings is 1. The number of hydrogen-bond donors (Lipinski definition) is 0. The zero-order chi connectivity index (χ0) is 18.7. The Balaban J connectivity index is 1.44. The van der Waals surface area contributed by atoms with Crippen molar-refractivity contribution >= 4 is 11.6 Å². The minimum absolute atomic E-state index is 0.0559. The van der Waals surface area contributed by atoms with E-state index < -0.39 is 4.92 Å². The molecular formula is C16H23N7O3. The van der Waals surface area contributed by atoms with Gasteiger partial charge in [0.25, 0.3) is 0 Å². The molecule has 0 aliphatic carbocycles. The van der Waals surface area contributed by atoms with Gasteiger partial charge in [-0.05, 0) is 6.92 Å². The van der Waals surface area contributed by atoms with E-state index in [1.54, 1.807) is 0 Å². The highest BCUT2D eigenvalue weighted by molar-refractivity contribution is 5.76. The Morgan fingerprint density at radius 1 is 1.27 bits per heavy atom. The molecule has 3 heterocycles. The topological polar surface area (TPSA) is 102 Å². The van der Waals surface area contributed by atoms with Gasteiger partial charge in [-0.3, -0.25) is 29.2 Å². The maximum absolute atomic E-state index is 12.4. The zero-order valence-corrected chi connectivity index (χ0v) is 15.0. The predicted octanol–water partition coefficient (Wildman–Crippen LogP) is 0.568. The average Bonchev–Trinajstić information content (AvgIpc) is 3.20. The first-order valence-corrected chi connectivity index (χ1v) is 8.58. The highest BCUT2D eigenvalue weighted by atomic mass is 16.6. The molecule has 26 heavy (non-hydrogen) atoms. The molecule has 1 aliphatic rings. The summed E-state index contributed by atoms with van der Waals surface area (Å²) in [5.41, 5.74) is 2.20. The number of nitro groups is 1. The van der Waals surface area contributed by atoms with Gasteiger partial charge in [0.1, 0.15) is 12.4 Å². The number of nitrogens with zero attached hydrogens (tertiary/aromatic N) is 7. The summed E-state index contributed by atoms with van der Waals surface area (Å²) < 4.78 is 3.27. The number of amides is 1. The summed E-state index contributed by atoms with van der Waals surface area (Å²) in [5, 5.41) is 18.9. The lowest BCUT2D eigenvalue weighted by Gasteiger charge is -2.34. The third-order valence-corrected chi connectivity index (χ3v) is 4.62. The Morgan fingerprint density at radius 2 is 2.00 bits per heavy atom. The van der Waals surface area contributed by atoms with Crippen LogP contribution in [0.25, 0.3) is 0 Å². The van der Waals surface area contributed by atoms with Crippen LogP contribution in [-0.2, 0) is 24.9 Å². The zero-order valence-electron chi connectivity index (χ0n) is 15.0. The molecule has 10 nitrogen and oxygen atoms in total. The van der Waals surface area contributed by atoms with Crippen molar-refractivity contribution in [3.05, 3.63) is 40.0 Å². The van der Waals surface area contributed by atoms with Crippen LogP contribution in [0, 0.1) is 17.0 Å². The van der Waals surface area contributed by atoms with E-state index in [9.17, 15) is 14.9 Å². The van der Waals surface area contributed by atoms with Gasteiger partial charge in [0, 0.05) is 64.5 Å². The number of carbonyl (C=O) groups excluding carboxylic acids is 1. The summed E-state index contributed by atoms with van der Waals surface area (Å²) in [5.74, 6) is 0.0559. The minimum atomic E-state index is -0.492. The molecule has 1 aliphatic heterocycles. The highest BCUT2D eigenvalue weighted by Crippen LogP contribution is 2.13. The van der Waals surface area contributed by atoms with Crippen LogP contribution < -0.4 is 0 Å². The van der Waals surface area contributed by atoms with E-state index in [4.69, 9.17) is 0 Å². The summed E-state index contributed by atoms with van der Waals surface area (Å²) in [7, 11) is 1.92. The number of carbonyl (C=O) groups is 1. The maximum atomic E-state index is 12.4. The number of aryl methyl sites for hydroxylation is 3. The summed E-state index contributed by atoms with van der Waals surface area (Å²) in [6.45, 7) is 6.24. The smallest absolute Gasteiger partial charge is 0.306 e. The molecule has 0 spiro atoms. The van der Waals surface area contributed by atoms with Gasteiger partial charge >= 0.3 is 5.69 Å². The van der Waals surface area contributed by atoms with Crippen LogP contribution in [0.3, 0.4) is 0 Å². The third-order valence-electron chi connectivity index (χ3n) is 4.62. The second kappa shape index (κ2) is 7.65. The Kier molecular flexibility index (Phi) is 5.31. The molecule has 2 aromatic rings. The minimum Gasteiger partial charge on any atom is -0.340 e. The fourth-order valence-electron chi connectivity index (χ4n) is 3.14. The van der Waals surface area contributed by atoms with E-state index in [1.807, 2.05) is 29.7 Å². The molecule has 0 unspecified atom stereocenters. The van der Waals surface area contributed by atoms with Gasteiger partial charge in [-0.1, -0.05) is 0 Å². The average molecular weight is 361 g/mol. The summed E-state index contributed by atoms with van der Waals surface area (Å²) in [6, 6.07) is 0. The molecule has 0 bridgehead atoms. The monoisotopic (exact) mass is 361 g/mol. The fourth-order valence-corrected chi connectivity index (χ4v) is 3.14. The molecule has 1 saturated heterocycles. The molecule has 1 fully saturated rings. The predicted molar refractivity (Wildman–Crippen MR) is 93.3 cm³/mol. The van der Waals surface area contributed by atoms with Gasteiger partial charge in [0.2, 0.25) is 5.91 Å².